The summed E-state index contributed by atoms with van der Waals surface area (Å²) in [5, 5.41) is 8.63. The summed E-state index contributed by atoms with van der Waals surface area (Å²) in [6.45, 7) is 4.09. The van der Waals surface area contributed by atoms with Gasteiger partial charge in [-0.3, -0.25) is 9.36 Å². The van der Waals surface area contributed by atoms with Crippen molar-refractivity contribution in [2.75, 3.05) is 12.6 Å². The maximum Gasteiger partial charge on any atom is 0.123 e. The van der Waals surface area contributed by atoms with Gasteiger partial charge in [0.25, 0.3) is 0 Å². The SMILES string of the molecule is Cc1nn(CCCl)c(-c2ccc(F)cc2)c1Br.Cc1nn(CCF)c(-c2ccc(F)cc2)c1Br. The van der Waals surface area contributed by atoms with Gasteiger partial charge >= 0.3 is 0 Å². The maximum absolute atomic E-state index is 12.9. The molecule has 0 aliphatic heterocycles. The van der Waals surface area contributed by atoms with Crippen molar-refractivity contribution in [1.82, 2.24) is 19.6 Å². The molecule has 10 heteroatoms. The molecule has 0 saturated carbocycles. The van der Waals surface area contributed by atoms with Crippen LogP contribution in [0.3, 0.4) is 0 Å². The Balaban J connectivity index is 0.000000191. The molecule has 0 aliphatic carbocycles. The lowest BCUT2D eigenvalue weighted by Gasteiger charge is -2.06. The van der Waals surface area contributed by atoms with E-state index in [9.17, 15) is 13.2 Å². The predicted molar refractivity (Wildman–Crippen MR) is 137 cm³/mol. The van der Waals surface area contributed by atoms with Crippen LogP contribution in [0.1, 0.15) is 11.4 Å². The van der Waals surface area contributed by atoms with Crippen LogP contribution >= 0.6 is 43.5 Å². The van der Waals surface area contributed by atoms with Crippen molar-refractivity contribution in [3.8, 4) is 22.5 Å². The summed E-state index contributed by atoms with van der Waals surface area (Å²) in [4.78, 5) is 0. The van der Waals surface area contributed by atoms with Gasteiger partial charge in [0.2, 0.25) is 0 Å². The molecule has 4 rings (SSSR count). The van der Waals surface area contributed by atoms with E-state index in [1.807, 2.05) is 18.5 Å². The molecule has 2 aromatic carbocycles. The van der Waals surface area contributed by atoms with Crippen LogP contribution in [0.5, 0.6) is 0 Å². The van der Waals surface area contributed by atoms with Gasteiger partial charge in [0.1, 0.15) is 18.3 Å². The Morgan fingerprint density at radius 2 is 1.12 bits per heavy atom. The van der Waals surface area contributed by atoms with Crippen LogP contribution in [0, 0.1) is 25.5 Å². The van der Waals surface area contributed by atoms with Gasteiger partial charge in [-0.25, -0.2) is 13.2 Å². The second kappa shape index (κ2) is 12.0. The Bertz CT molecular complexity index is 1140. The van der Waals surface area contributed by atoms with Crippen LogP contribution in [0.4, 0.5) is 13.2 Å². The van der Waals surface area contributed by atoms with Crippen molar-refractivity contribution in [1.29, 1.82) is 0 Å². The lowest BCUT2D eigenvalue weighted by molar-refractivity contribution is 0.428. The number of rotatable bonds is 6. The minimum absolute atomic E-state index is 0.194. The van der Waals surface area contributed by atoms with E-state index in [0.717, 1.165) is 42.8 Å². The van der Waals surface area contributed by atoms with Gasteiger partial charge in [-0.05, 0) is 94.2 Å². The zero-order chi connectivity index (χ0) is 24.8. The highest BCUT2D eigenvalue weighted by Gasteiger charge is 2.15. The summed E-state index contributed by atoms with van der Waals surface area (Å²) >= 11 is 12.7. The standard InChI is InChI=1S/C12H11BrClFN2.C12H11BrF2N2/c2*1-8-11(13)12(17(16-8)7-6-14)9-2-4-10(15)5-3-9/h2*2-5H,6-7H2,1H3. The number of aromatic nitrogens is 4. The van der Waals surface area contributed by atoms with Gasteiger partial charge < -0.3 is 0 Å². The largest absolute Gasteiger partial charge is 0.262 e. The number of aryl methyl sites for hydroxylation is 4. The van der Waals surface area contributed by atoms with E-state index in [0.29, 0.717) is 12.4 Å². The Morgan fingerprint density at radius 1 is 0.735 bits per heavy atom. The van der Waals surface area contributed by atoms with E-state index < -0.39 is 6.67 Å². The molecular weight excluding hydrogens is 597 g/mol. The third-order valence-electron chi connectivity index (χ3n) is 4.94. The van der Waals surface area contributed by atoms with E-state index in [1.54, 1.807) is 28.9 Å². The van der Waals surface area contributed by atoms with Crippen LogP contribution in [0.25, 0.3) is 22.5 Å². The molecule has 0 unspecified atom stereocenters. The molecule has 0 amide bonds. The number of halogens is 6. The lowest BCUT2D eigenvalue weighted by atomic mass is 10.1. The van der Waals surface area contributed by atoms with Crippen molar-refractivity contribution in [3.05, 3.63) is 80.5 Å². The van der Waals surface area contributed by atoms with Crippen LogP contribution < -0.4 is 0 Å². The first-order chi connectivity index (χ1) is 16.3. The zero-order valence-corrected chi connectivity index (χ0v) is 22.4. The molecular formula is C24H22Br2ClF3N4. The van der Waals surface area contributed by atoms with Crippen molar-refractivity contribution in [2.24, 2.45) is 0 Å². The van der Waals surface area contributed by atoms with E-state index >= 15 is 0 Å². The molecule has 180 valence electrons. The summed E-state index contributed by atoms with van der Waals surface area (Å²) in [7, 11) is 0. The van der Waals surface area contributed by atoms with Crippen LogP contribution in [-0.2, 0) is 13.1 Å². The first-order valence-corrected chi connectivity index (χ1v) is 12.5. The summed E-state index contributed by atoms with van der Waals surface area (Å²) < 4.78 is 43.4. The average molecular weight is 619 g/mol. The Morgan fingerprint density at radius 3 is 1.47 bits per heavy atom. The minimum atomic E-state index is -0.484. The number of hydrogen-bond acceptors (Lipinski definition) is 2. The number of alkyl halides is 2. The van der Waals surface area contributed by atoms with Crippen LogP contribution in [0.15, 0.2) is 57.5 Å². The first-order valence-electron chi connectivity index (χ1n) is 10.4. The fourth-order valence-corrected chi connectivity index (χ4v) is 4.56. The molecule has 0 fully saturated rings. The fourth-order valence-electron chi connectivity index (χ4n) is 3.37. The molecule has 0 bridgehead atoms. The van der Waals surface area contributed by atoms with Gasteiger partial charge in [0.15, 0.2) is 0 Å². The predicted octanol–water partition coefficient (Wildman–Crippen LogP) is 7.73. The van der Waals surface area contributed by atoms with Crippen molar-refractivity contribution in [3.63, 3.8) is 0 Å². The summed E-state index contributed by atoms with van der Waals surface area (Å²) in [6.07, 6.45) is 0. The molecule has 34 heavy (non-hydrogen) atoms. The van der Waals surface area contributed by atoms with E-state index in [2.05, 4.69) is 42.1 Å². The smallest absolute Gasteiger partial charge is 0.123 e. The fraction of sp³-hybridized carbons (Fsp3) is 0.250. The topological polar surface area (TPSA) is 35.6 Å². The number of nitrogens with zero attached hydrogens (tertiary/aromatic N) is 4. The molecule has 4 aromatic rings. The molecule has 0 atom stereocenters. The highest BCUT2D eigenvalue weighted by molar-refractivity contribution is 9.11. The third-order valence-corrected chi connectivity index (χ3v) is 7.00. The Labute approximate surface area is 218 Å². The molecule has 0 aliphatic rings. The van der Waals surface area contributed by atoms with E-state index in [4.69, 9.17) is 11.6 Å². The monoisotopic (exact) mass is 616 g/mol. The molecule has 4 nitrogen and oxygen atoms in total. The van der Waals surface area contributed by atoms with E-state index in [-0.39, 0.29) is 18.2 Å². The minimum Gasteiger partial charge on any atom is -0.262 e. The quantitative estimate of drug-likeness (QED) is 0.208. The maximum atomic E-state index is 12.9. The average Bonchev–Trinajstić information content (AvgIpc) is 3.25. The Hall–Kier alpha value is -2.10. The van der Waals surface area contributed by atoms with Crippen molar-refractivity contribution in [2.45, 2.75) is 26.9 Å². The molecule has 2 aromatic heterocycles. The molecule has 0 saturated heterocycles. The third kappa shape index (κ3) is 6.12. The zero-order valence-electron chi connectivity index (χ0n) is 18.5. The molecule has 0 spiro atoms. The van der Waals surface area contributed by atoms with Crippen LogP contribution in [0.2, 0.25) is 0 Å². The van der Waals surface area contributed by atoms with Gasteiger partial charge in [-0.2, -0.15) is 10.2 Å². The second-order valence-electron chi connectivity index (χ2n) is 7.33. The molecule has 0 N–H and O–H groups in total. The lowest BCUT2D eigenvalue weighted by Crippen LogP contribution is -2.04. The number of benzene rings is 2. The second-order valence-corrected chi connectivity index (χ2v) is 9.30. The Kier molecular flexibility index (Phi) is 9.39. The highest BCUT2D eigenvalue weighted by atomic mass is 79.9. The van der Waals surface area contributed by atoms with Gasteiger partial charge in [-0.1, -0.05) is 0 Å². The summed E-state index contributed by atoms with van der Waals surface area (Å²) in [5.74, 6) is -0.0509. The summed E-state index contributed by atoms with van der Waals surface area (Å²) in [6, 6.07) is 12.4. The molecule has 0 radical (unpaired) electrons. The van der Waals surface area contributed by atoms with Gasteiger partial charge in [0.05, 0.1) is 44.8 Å². The van der Waals surface area contributed by atoms with Crippen molar-refractivity contribution < 1.29 is 13.2 Å². The van der Waals surface area contributed by atoms with E-state index in [1.165, 1.54) is 24.3 Å². The highest BCUT2D eigenvalue weighted by Crippen LogP contribution is 2.32. The first kappa shape index (κ1) is 26.5. The van der Waals surface area contributed by atoms with Gasteiger partial charge in [-0.15, -0.1) is 11.6 Å². The van der Waals surface area contributed by atoms with Crippen LogP contribution in [-0.4, -0.2) is 32.1 Å². The molecule has 2 heterocycles. The number of hydrogen-bond donors (Lipinski definition) is 0. The summed E-state index contributed by atoms with van der Waals surface area (Å²) in [5.41, 5.74) is 5.13. The normalized spacial score (nSPS) is 10.8. The van der Waals surface area contributed by atoms with Crippen molar-refractivity contribution >= 4 is 43.5 Å². The van der Waals surface area contributed by atoms with Gasteiger partial charge in [0, 0.05) is 17.0 Å².